The first-order valence-corrected chi connectivity index (χ1v) is 11.9. The van der Waals surface area contributed by atoms with Gasteiger partial charge < -0.3 is 15.3 Å². The Morgan fingerprint density at radius 2 is 1.81 bits per heavy atom. The minimum absolute atomic E-state index is 0.0260. The summed E-state index contributed by atoms with van der Waals surface area (Å²) in [5, 5.41) is 10.9. The Morgan fingerprint density at radius 3 is 2.38 bits per heavy atom. The molecule has 0 amide bonds. The van der Waals surface area contributed by atoms with Crippen molar-refractivity contribution in [1.29, 1.82) is 5.26 Å². The summed E-state index contributed by atoms with van der Waals surface area (Å²) in [5.74, 6) is 2.28. The molecule has 2 aromatic carbocycles. The number of carbonyl (C=O) groups is 1. The molecular weight excluding hydrogens is 442 g/mol. The van der Waals surface area contributed by atoms with Crippen molar-refractivity contribution in [2.45, 2.75) is 50.9 Å². The van der Waals surface area contributed by atoms with Crippen LogP contribution < -0.4 is 10.5 Å². The fourth-order valence-electron chi connectivity index (χ4n) is 5.79. The Kier molecular flexibility index (Phi) is 7.60. The summed E-state index contributed by atoms with van der Waals surface area (Å²) in [6.45, 7) is 5.35. The molecular formula is C25H29BCl2N2O2. The fourth-order valence-corrected chi connectivity index (χ4v) is 6.22. The van der Waals surface area contributed by atoms with E-state index in [0.717, 1.165) is 11.1 Å². The SMILES string of the molecule is CC.COc1ccc(C2CCC3C(=O)B(C#N)C(C)C3C2(N)c2ccc(Cl)cc2)c(Cl)c1. The maximum absolute atomic E-state index is 13.0. The van der Waals surface area contributed by atoms with E-state index in [1.807, 2.05) is 57.2 Å². The van der Waals surface area contributed by atoms with E-state index < -0.39 is 12.3 Å². The lowest BCUT2D eigenvalue weighted by Crippen LogP contribution is -2.54. The van der Waals surface area contributed by atoms with E-state index >= 15 is 0 Å². The van der Waals surface area contributed by atoms with Crippen LogP contribution in [0.5, 0.6) is 5.75 Å². The van der Waals surface area contributed by atoms with Crippen LogP contribution in [0.4, 0.5) is 0 Å². The van der Waals surface area contributed by atoms with Crippen LogP contribution in [0.3, 0.4) is 0 Å². The molecule has 7 heteroatoms. The topological polar surface area (TPSA) is 76.1 Å². The number of fused-ring (bicyclic) bond motifs is 1. The zero-order valence-electron chi connectivity index (χ0n) is 18.9. The van der Waals surface area contributed by atoms with Crippen LogP contribution in [-0.2, 0) is 10.3 Å². The Balaban J connectivity index is 0.00000141. The molecule has 5 unspecified atom stereocenters. The highest BCUT2D eigenvalue weighted by Gasteiger charge is 2.62. The van der Waals surface area contributed by atoms with Crippen LogP contribution in [0.2, 0.25) is 15.9 Å². The van der Waals surface area contributed by atoms with Gasteiger partial charge in [0.15, 0.2) is 0 Å². The van der Waals surface area contributed by atoms with E-state index in [9.17, 15) is 10.1 Å². The Hall–Kier alpha value is -2.00. The van der Waals surface area contributed by atoms with Crippen LogP contribution in [0.1, 0.15) is 50.7 Å². The lowest BCUT2D eigenvalue weighted by molar-refractivity contribution is -0.118. The van der Waals surface area contributed by atoms with E-state index in [1.165, 1.54) is 0 Å². The van der Waals surface area contributed by atoms with Crippen molar-refractivity contribution in [3.8, 4) is 11.7 Å². The quantitative estimate of drug-likeness (QED) is 0.552. The van der Waals surface area contributed by atoms with Crippen LogP contribution in [0.25, 0.3) is 0 Å². The number of ether oxygens (including phenoxy) is 1. The Labute approximate surface area is 201 Å². The van der Waals surface area contributed by atoms with Gasteiger partial charge in [0.25, 0.3) is 0 Å². The van der Waals surface area contributed by atoms with E-state index in [4.69, 9.17) is 33.7 Å². The molecule has 1 aliphatic heterocycles. The highest BCUT2D eigenvalue weighted by atomic mass is 35.5. The summed E-state index contributed by atoms with van der Waals surface area (Å²) in [4.78, 5) is 13.0. The smallest absolute Gasteiger partial charge is 0.348 e. The molecule has 0 bridgehead atoms. The van der Waals surface area contributed by atoms with Crippen molar-refractivity contribution in [3.63, 3.8) is 0 Å². The third kappa shape index (κ3) is 3.94. The second-order valence-electron chi connectivity index (χ2n) is 8.46. The number of carbonyl (C=O) groups excluding carboxylic acids is 1. The molecule has 32 heavy (non-hydrogen) atoms. The second-order valence-corrected chi connectivity index (χ2v) is 9.30. The Morgan fingerprint density at radius 1 is 1.16 bits per heavy atom. The average molecular weight is 471 g/mol. The number of nitrogens with zero attached hydrogens (tertiary/aromatic N) is 1. The zero-order chi connectivity index (χ0) is 23.6. The van der Waals surface area contributed by atoms with Gasteiger partial charge in [0.1, 0.15) is 11.4 Å². The van der Waals surface area contributed by atoms with Gasteiger partial charge >= 0.3 is 6.71 Å². The van der Waals surface area contributed by atoms with Crippen molar-refractivity contribution in [2.75, 3.05) is 7.11 Å². The summed E-state index contributed by atoms with van der Waals surface area (Å²) in [5.41, 5.74) is 8.33. The van der Waals surface area contributed by atoms with Gasteiger partial charge in [-0.15, -0.1) is 0 Å². The first-order valence-electron chi connectivity index (χ1n) is 11.1. The zero-order valence-corrected chi connectivity index (χ0v) is 20.5. The molecule has 0 radical (unpaired) electrons. The summed E-state index contributed by atoms with van der Waals surface area (Å²) in [7, 11) is 1.60. The van der Waals surface area contributed by atoms with E-state index in [2.05, 4.69) is 5.97 Å². The van der Waals surface area contributed by atoms with Gasteiger partial charge in [-0.1, -0.05) is 62.2 Å². The molecule has 2 N–H and O–H groups in total. The van der Waals surface area contributed by atoms with Crippen molar-refractivity contribution < 1.29 is 9.53 Å². The highest BCUT2D eigenvalue weighted by Crippen LogP contribution is 2.59. The normalized spacial score (nSPS) is 28.9. The molecule has 2 aromatic rings. The van der Waals surface area contributed by atoms with Crippen LogP contribution in [0.15, 0.2) is 42.5 Å². The molecule has 1 aliphatic carbocycles. The lowest BCUT2D eigenvalue weighted by Gasteiger charge is -2.51. The standard InChI is InChI=1S/C23H23BCl2N2O2.C2H6/c1-13-21-18(22(29)24(13)12-27)9-10-19(17-8-7-16(30-2)11-20(17)26)23(21,28)14-3-5-15(25)6-4-14;1-2/h3-8,11,13,18-19,21H,9-10,28H2,1-2H3;1-2H3. The summed E-state index contributed by atoms with van der Waals surface area (Å²) < 4.78 is 5.31. The van der Waals surface area contributed by atoms with Gasteiger partial charge in [0, 0.05) is 27.8 Å². The van der Waals surface area contributed by atoms with Gasteiger partial charge in [-0.25, -0.2) is 5.26 Å². The van der Waals surface area contributed by atoms with Crippen molar-refractivity contribution in [2.24, 2.45) is 17.6 Å². The van der Waals surface area contributed by atoms with Gasteiger partial charge in [0.2, 0.25) is 0 Å². The van der Waals surface area contributed by atoms with E-state index in [0.29, 0.717) is 28.6 Å². The number of methoxy groups -OCH3 is 1. The number of benzene rings is 2. The summed E-state index contributed by atoms with van der Waals surface area (Å²) >= 11 is 12.8. The number of halogens is 2. The molecule has 2 fully saturated rings. The second kappa shape index (κ2) is 9.87. The van der Waals surface area contributed by atoms with Crippen LogP contribution in [-0.4, -0.2) is 19.5 Å². The molecule has 1 saturated heterocycles. The van der Waals surface area contributed by atoms with Crippen molar-refractivity contribution >= 4 is 35.6 Å². The number of rotatable bonds is 3. The number of nitrogens with two attached hydrogens (primary N) is 1. The number of hydrogen-bond acceptors (Lipinski definition) is 4. The molecule has 168 valence electrons. The van der Waals surface area contributed by atoms with Gasteiger partial charge in [0.05, 0.1) is 12.6 Å². The average Bonchev–Trinajstić information content (AvgIpc) is 3.06. The third-order valence-electron chi connectivity index (χ3n) is 7.16. The number of hydrogen-bond donors (Lipinski definition) is 1. The van der Waals surface area contributed by atoms with Gasteiger partial charge in [-0.05, 0) is 60.0 Å². The van der Waals surface area contributed by atoms with Gasteiger partial charge in [-0.3, -0.25) is 0 Å². The largest absolute Gasteiger partial charge is 0.497 e. The van der Waals surface area contributed by atoms with Crippen molar-refractivity contribution in [3.05, 3.63) is 63.6 Å². The molecule has 1 saturated carbocycles. The monoisotopic (exact) mass is 470 g/mol. The molecule has 0 spiro atoms. The lowest BCUT2D eigenvalue weighted by atomic mass is 9.42. The molecule has 4 rings (SSSR count). The fraction of sp³-hybridized carbons (Fsp3) is 0.440. The minimum atomic E-state index is -0.855. The molecule has 5 atom stereocenters. The molecule has 1 heterocycles. The first kappa shape index (κ1) is 24.6. The summed E-state index contributed by atoms with van der Waals surface area (Å²) in [6.07, 6.45) is 1.41. The van der Waals surface area contributed by atoms with E-state index in [-0.39, 0.29) is 29.3 Å². The van der Waals surface area contributed by atoms with Crippen LogP contribution in [0, 0.1) is 23.1 Å². The number of nitriles is 1. The highest BCUT2D eigenvalue weighted by molar-refractivity contribution is 6.98. The van der Waals surface area contributed by atoms with E-state index in [1.54, 1.807) is 13.2 Å². The maximum Gasteiger partial charge on any atom is 0.348 e. The predicted octanol–water partition coefficient (Wildman–Crippen LogP) is 6.06. The first-order chi connectivity index (χ1) is 15.3. The van der Waals surface area contributed by atoms with Gasteiger partial charge in [-0.2, -0.15) is 0 Å². The Bertz CT molecular complexity index is 1020. The predicted molar refractivity (Wildman–Crippen MR) is 131 cm³/mol. The third-order valence-corrected chi connectivity index (χ3v) is 7.74. The maximum atomic E-state index is 13.0. The minimum Gasteiger partial charge on any atom is -0.497 e. The summed E-state index contributed by atoms with van der Waals surface area (Å²) in [6, 6.07) is 13.2. The molecule has 4 nitrogen and oxygen atoms in total. The molecule has 0 aromatic heterocycles. The van der Waals surface area contributed by atoms with Crippen LogP contribution >= 0.6 is 23.2 Å². The van der Waals surface area contributed by atoms with Crippen molar-refractivity contribution in [1.82, 2.24) is 0 Å². The molecule has 2 aliphatic rings.